The van der Waals surface area contributed by atoms with Crippen molar-refractivity contribution < 1.29 is 14.3 Å². The van der Waals surface area contributed by atoms with Crippen molar-refractivity contribution in [1.29, 1.82) is 0 Å². The van der Waals surface area contributed by atoms with E-state index in [0.29, 0.717) is 42.0 Å². The number of aromatic nitrogens is 3. The molecule has 1 saturated carbocycles. The molecule has 1 saturated heterocycles. The van der Waals surface area contributed by atoms with Crippen LogP contribution in [0, 0.1) is 11.8 Å². The summed E-state index contributed by atoms with van der Waals surface area (Å²) >= 11 is 0. The molecule has 2 aliphatic rings. The summed E-state index contributed by atoms with van der Waals surface area (Å²) in [6.45, 7) is 4.89. The molecule has 1 atom stereocenters. The number of anilines is 1. The van der Waals surface area contributed by atoms with Crippen molar-refractivity contribution >= 4 is 17.2 Å². The first-order valence-electron chi connectivity index (χ1n) is 11.4. The van der Waals surface area contributed by atoms with E-state index in [-0.39, 0.29) is 11.8 Å². The highest BCUT2D eigenvalue weighted by atomic mass is 16.5. The van der Waals surface area contributed by atoms with E-state index in [9.17, 15) is 4.79 Å². The third-order valence-corrected chi connectivity index (χ3v) is 6.45. The molecule has 1 amide bonds. The summed E-state index contributed by atoms with van der Waals surface area (Å²) in [6, 6.07) is 5.50. The molecular weight excluding hydrogens is 430 g/mol. The van der Waals surface area contributed by atoms with Crippen LogP contribution in [-0.2, 0) is 4.79 Å². The van der Waals surface area contributed by atoms with Gasteiger partial charge < -0.3 is 20.1 Å². The number of nitrogens with zero attached hydrogens (tertiary/aromatic N) is 4. The fourth-order valence-electron chi connectivity index (χ4n) is 4.53. The molecule has 1 aromatic carbocycles. The third-order valence-electron chi connectivity index (χ3n) is 6.45. The molecule has 2 aromatic heterocycles. The zero-order chi connectivity index (χ0) is 23.8. The molecule has 8 heteroatoms. The van der Waals surface area contributed by atoms with Crippen molar-refractivity contribution in [3.63, 3.8) is 0 Å². The molecule has 5 rings (SSSR count). The van der Waals surface area contributed by atoms with E-state index in [1.807, 2.05) is 23.2 Å². The molecule has 8 nitrogen and oxygen atoms in total. The molecule has 0 spiro atoms. The second-order valence-electron chi connectivity index (χ2n) is 8.67. The number of hydrogen-bond donors (Lipinski definition) is 1. The number of ether oxygens (including phenoxy) is 2. The maximum Gasteiger partial charge on any atom is 0.245 e. The summed E-state index contributed by atoms with van der Waals surface area (Å²) in [5, 5.41) is 0. The number of carbonyl (C=O) groups excluding carboxylic acids is 1. The predicted molar refractivity (Wildman–Crippen MR) is 129 cm³/mol. The van der Waals surface area contributed by atoms with Crippen molar-refractivity contribution in [1.82, 2.24) is 19.3 Å². The number of nitrogen functional groups attached to an aromatic ring is 1. The highest BCUT2D eigenvalue weighted by molar-refractivity contribution is 5.87. The first-order chi connectivity index (χ1) is 16.5. The van der Waals surface area contributed by atoms with Crippen molar-refractivity contribution in [3.05, 3.63) is 59.8 Å². The van der Waals surface area contributed by atoms with Crippen molar-refractivity contribution in [2.24, 2.45) is 0 Å². The summed E-state index contributed by atoms with van der Waals surface area (Å²) < 4.78 is 12.9. The van der Waals surface area contributed by atoms with Crippen molar-refractivity contribution in [3.8, 4) is 23.3 Å². The lowest BCUT2D eigenvalue weighted by Gasteiger charge is -2.15. The van der Waals surface area contributed by atoms with Crippen LogP contribution >= 0.6 is 0 Å². The summed E-state index contributed by atoms with van der Waals surface area (Å²) in [7, 11) is 3.21. The van der Waals surface area contributed by atoms with Gasteiger partial charge >= 0.3 is 0 Å². The number of hydrogen-bond acceptors (Lipinski definition) is 6. The number of imidazole rings is 1. The first kappa shape index (κ1) is 21.8. The zero-order valence-electron chi connectivity index (χ0n) is 19.4. The topological polar surface area (TPSA) is 95.0 Å². The molecule has 1 aliphatic carbocycles. The van der Waals surface area contributed by atoms with Crippen LogP contribution in [0.3, 0.4) is 0 Å². The Hall–Kier alpha value is -3.99. The van der Waals surface area contributed by atoms with Crippen LogP contribution in [0.4, 0.5) is 5.82 Å². The van der Waals surface area contributed by atoms with Crippen LogP contribution in [0.5, 0.6) is 11.5 Å². The van der Waals surface area contributed by atoms with Gasteiger partial charge in [0.15, 0.2) is 5.82 Å². The Kier molecular flexibility index (Phi) is 5.62. The van der Waals surface area contributed by atoms with Gasteiger partial charge in [0.05, 0.1) is 14.2 Å². The molecule has 3 aromatic rings. The van der Waals surface area contributed by atoms with E-state index in [1.165, 1.54) is 6.08 Å². The van der Waals surface area contributed by atoms with E-state index in [1.54, 1.807) is 20.3 Å². The molecule has 2 N–H and O–H groups in total. The minimum atomic E-state index is -0.0565. The minimum absolute atomic E-state index is 0.0565. The predicted octanol–water partition coefficient (Wildman–Crippen LogP) is 3.11. The lowest BCUT2D eigenvalue weighted by Crippen LogP contribution is -2.26. The van der Waals surface area contributed by atoms with Crippen molar-refractivity contribution in [2.75, 3.05) is 33.0 Å². The Labute approximate surface area is 198 Å². The van der Waals surface area contributed by atoms with E-state index in [0.717, 1.165) is 41.9 Å². The molecule has 34 heavy (non-hydrogen) atoms. The Morgan fingerprint density at radius 2 is 1.88 bits per heavy atom. The summed E-state index contributed by atoms with van der Waals surface area (Å²) in [5.74, 6) is 9.48. The number of amides is 1. The molecule has 174 valence electrons. The van der Waals surface area contributed by atoms with Crippen LogP contribution < -0.4 is 15.2 Å². The van der Waals surface area contributed by atoms with Gasteiger partial charge in [-0.05, 0) is 43.4 Å². The highest BCUT2D eigenvalue weighted by Gasteiger charge is 2.34. The average Bonchev–Trinajstić information content (AvgIpc) is 3.45. The number of methoxy groups -OCH3 is 2. The maximum atomic E-state index is 12.2. The van der Waals surface area contributed by atoms with Gasteiger partial charge in [-0.2, -0.15) is 0 Å². The lowest BCUT2D eigenvalue weighted by molar-refractivity contribution is -0.125. The number of nitrogens with two attached hydrogens (primary N) is 1. The monoisotopic (exact) mass is 457 g/mol. The number of benzene rings is 1. The van der Waals surface area contributed by atoms with Gasteiger partial charge in [-0.1, -0.05) is 12.5 Å². The maximum absolute atomic E-state index is 12.2. The second kappa shape index (κ2) is 8.75. The summed E-state index contributed by atoms with van der Waals surface area (Å²) in [5.41, 5.74) is 9.52. The first-order valence-corrected chi connectivity index (χ1v) is 11.4. The Balaban J connectivity index is 1.62. The lowest BCUT2D eigenvalue weighted by atomic mass is 10.1. The van der Waals surface area contributed by atoms with Gasteiger partial charge in [-0.15, -0.1) is 0 Å². The van der Waals surface area contributed by atoms with Crippen molar-refractivity contribution in [2.45, 2.75) is 31.1 Å². The van der Waals surface area contributed by atoms with Crippen LogP contribution in [0.25, 0.3) is 5.52 Å². The summed E-state index contributed by atoms with van der Waals surface area (Å²) in [6.07, 6.45) is 6.29. The highest BCUT2D eigenvalue weighted by Crippen LogP contribution is 2.42. The smallest absolute Gasteiger partial charge is 0.245 e. The molecular formula is C26H27N5O3. The molecule has 2 fully saturated rings. The van der Waals surface area contributed by atoms with Crippen LogP contribution in [0.1, 0.15) is 53.9 Å². The van der Waals surface area contributed by atoms with E-state index in [2.05, 4.69) is 27.8 Å². The van der Waals surface area contributed by atoms with Gasteiger partial charge in [0.25, 0.3) is 0 Å². The molecule has 0 bridgehead atoms. The molecule has 0 unspecified atom stereocenters. The third kappa shape index (κ3) is 3.94. The van der Waals surface area contributed by atoms with Gasteiger partial charge in [-0.3, -0.25) is 9.20 Å². The zero-order valence-corrected chi connectivity index (χ0v) is 19.4. The van der Waals surface area contributed by atoms with Gasteiger partial charge in [0.2, 0.25) is 5.91 Å². The Bertz CT molecular complexity index is 1320. The van der Waals surface area contributed by atoms with Crippen LogP contribution in [-0.4, -0.2) is 52.5 Å². The number of rotatable bonds is 5. The Morgan fingerprint density at radius 3 is 2.53 bits per heavy atom. The number of carbonyl (C=O) groups is 1. The quantitative estimate of drug-likeness (QED) is 0.467. The normalized spacial score (nSPS) is 17.4. The average molecular weight is 458 g/mol. The Morgan fingerprint density at radius 1 is 1.15 bits per heavy atom. The summed E-state index contributed by atoms with van der Waals surface area (Å²) in [4.78, 5) is 23.4. The number of likely N-dealkylation sites (tertiary alicyclic amines) is 1. The van der Waals surface area contributed by atoms with E-state index in [4.69, 9.17) is 20.2 Å². The number of fused-ring (bicyclic) bond motifs is 1. The van der Waals surface area contributed by atoms with Gasteiger partial charge in [0, 0.05) is 48.4 Å². The SMILES string of the molecule is C=CC(=O)N1CC[C@H](c2nc(C#Cc3cc(OC)cc(OC)c3)c3c(N)ncc(C4CC4)n23)C1. The molecule has 0 radical (unpaired) electrons. The van der Waals surface area contributed by atoms with E-state index < -0.39 is 0 Å². The fourth-order valence-corrected chi connectivity index (χ4v) is 4.53. The molecule has 1 aliphatic heterocycles. The standard InChI is InChI=1S/C26H27N5O3/c1-4-23(32)30-10-9-18(15-30)26-29-21(8-5-16-11-19(33-2)13-20(12-16)34-3)24-25(27)28-14-22(31(24)26)17-6-7-17/h4,11-14,17-18H,1,6-7,9-10,15H2,2-3H3,(H2,27,28)/t18-/m0/s1. The van der Waals surface area contributed by atoms with E-state index >= 15 is 0 Å². The van der Waals surface area contributed by atoms with Crippen LogP contribution in [0.2, 0.25) is 0 Å². The molecule has 3 heterocycles. The fraction of sp³-hybridized carbons (Fsp3) is 0.346. The second-order valence-corrected chi connectivity index (χ2v) is 8.67. The van der Waals surface area contributed by atoms with Crippen LogP contribution in [0.15, 0.2) is 37.1 Å². The minimum Gasteiger partial charge on any atom is -0.497 e. The largest absolute Gasteiger partial charge is 0.497 e. The van der Waals surface area contributed by atoms with Gasteiger partial charge in [0.1, 0.15) is 28.5 Å². The van der Waals surface area contributed by atoms with Gasteiger partial charge in [-0.25, -0.2) is 9.97 Å².